The summed E-state index contributed by atoms with van der Waals surface area (Å²) in [6.07, 6.45) is 9.50. The molecule has 3 rings (SSSR count). The summed E-state index contributed by atoms with van der Waals surface area (Å²) in [6, 6.07) is 1.92. The average molecular weight is 331 g/mol. The summed E-state index contributed by atoms with van der Waals surface area (Å²) in [5.41, 5.74) is 0.419. The molecule has 2 aliphatic rings. The second-order valence-corrected chi connectivity index (χ2v) is 6.53. The lowest BCUT2D eigenvalue weighted by molar-refractivity contribution is -0.118. The fraction of sp³-hybridized carbons (Fsp3) is 0.647. The van der Waals surface area contributed by atoms with Gasteiger partial charge in [-0.3, -0.25) is 9.59 Å². The number of piperazine rings is 1. The van der Waals surface area contributed by atoms with E-state index < -0.39 is 0 Å². The van der Waals surface area contributed by atoms with Gasteiger partial charge in [-0.25, -0.2) is 9.97 Å². The summed E-state index contributed by atoms with van der Waals surface area (Å²) in [5.74, 6) is 0.450. The molecular formula is C17H25N5O2. The first kappa shape index (κ1) is 16.7. The maximum atomic E-state index is 12.5. The largest absolute Gasteiger partial charge is 0.348 e. The van der Waals surface area contributed by atoms with Crippen molar-refractivity contribution in [1.29, 1.82) is 0 Å². The SMILES string of the molecule is O=CN1CCN(c2nccc(C(=O)NC3CCCCCC3)n2)CC1. The number of nitrogens with zero attached hydrogens (tertiary/aromatic N) is 4. The van der Waals surface area contributed by atoms with Crippen molar-refractivity contribution in [1.82, 2.24) is 20.2 Å². The van der Waals surface area contributed by atoms with Crippen molar-refractivity contribution >= 4 is 18.3 Å². The third-order valence-electron chi connectivity index (χ3n) is 4.81. The van der Waals surface area contributed by atoms with Gasteiger partial charge in [0.1, 0.15) is 5.69 Å². The Bertz CT molecular complexity index is 564. The van der Waals surface area contributed by atoms with E-state index in [9.17, 15) is 9.59 Å². The van der Waals surface area contributed by atoms with Crippen LogP contribution in [0.4, 0.5) is 5.95 Å². The van der Waals surface area contributed by atoms with Crippen LogP contribution in [0.2, 0.25) is 0 Å². The number of carbonyl (C=O) groups excluding carboxylic acids is 2. The van der Waals surface area contributed by atoms with E-state index in [1.54, 1.807) is 17.2 Å². The van der Waals surface area contributed by atoms with Gasteiger partial charge in [0, 0.05) is 38.4 Å². The minimum absolute atomic E-state index is 0.114. The lowest BCUT2D eigenvalue weighted by atomic mass is 10.1. The van der Waals surface area contributed by atoms with Crippen LogP contribution in [0.25, 0.3) is 0 Å². The van der Waals surface area contributed by atoms with Crippen molar-refractivity contribution < 1.29 is 9.59 Å². The fourth-order valence-electron chi connectivity index (χ4n) is 3.34. The number of aromatic nitrogens is 2. The van der Waals surface area contributed by atoms with E-state index in [4.69, 9.17) is 0 Å². The minimum Gasteiger partial charge on any atom is -0.348 e. The van der Waals surface area contributed by atoms with Crippen LogP contribution < -0.4 is 10.2 Å². The maximum absolute atomic E-state index is 12.5. The molecule has 0 bridgehead atoms. The van der Waals surface area contributed by atoms with Crippen molar-refractivity contribution in [2.24, 2.45) is 0 Å². The Hall–Kier alpha value is -2.18. The maximum Gasteiger partial charge on any atom is 0.270 e. The van der Waals surface area contributed by atoms with Gasteiger partial charge in [0.25, 0.3) is 5.91 Å². The molecule has 0 radical (unpaired) electrons. The molecule has 1 aliphatic heterocycles. The molecule has 24 heavy (non-hydrogen) atoms. The van der Waals surface area contributed by atoms with Gasteiger partial charge in [0.15, 0.2) is 0 Å². The predicted molar refractivity (Wildman–Crippen MR) is 90.8 cm³/mol. The number of nitrogens with one attached hydrogen (secondary N) is 1. The molecule has 1 aliphatic carbocycles. The highest BCUT2D eigenvalue weighted by Crippen LogP contribution is 2.18. The third-order valence-corrected chi connectivity index (χ3v) is 4.81. The topological polar surface area (TPSA) is 78.4 Å². The molecule has 2 heterocycles. The summed E-state index contributed by atoms with van der Waals surface area (Å²) in [7, 11) is 0. The summed E-state index contributed by atoms with van der Waals surface area (Å²) in [4.78, 5) is 35.7. The van der Waals surface area contributed by atoms with Gasteiger partial charge in [-0.05, 0) is 18.9 Å². The zero-order chi connectivity index (χ0) is 16.8. The van der Waals surface area contributed by atoms with Crippen molar-refractivity contribution in [3.05, 3.63) is 18.0 Å². The van der Waals surface area contributed by atoms with E-state index in [0.29, 0.717) is 37.8 Å². The van der Waals surface area contributed by atoms with Gasteiger partial charge in [0.2, 0.25) is 12.4 Å². The highest BCUT2D eigenvalue weighted by Gasteiger charge is 2.20. The molecule has 1 aromatic rings. The molecule has 0 spiro atoms. The van der Waals surface area contributed by atoms with Crippen LogP contribution in [0.1, 0.15) is 49.0 Å². The summed E-state index contributed by atoms with van der Waals surface area (Å²) in [5, 5.41) is 3.12. The fourth-order valence-corrected chi connectivity index (χ4v) is 3.34. The smallest absolute Gasteiger partial charge is 0.270 e. The molecule has 0 unspecified atom stereocenters. The number of rotatable bonds is 4. The molecule has 0 atom stereocenters. The Balaban J connectivity index is 1.62. The van der Waals surface area contributed by atoms with Crippen LogP contribution in [0.15, 0.2) is 12.3 Å². The van der Waals surface area contributed by atoms with Gasteiger partial charge in [0.05, 0.1) is 0 Å². The summed E-state index contributed by atoms with van der Waals surface area (Å²) < 4.78 is 0. The molecule has 1 aromatic heterocycles. The van der Waals surface area contributed by atoms with Gasteiger partial charge < -0.3 is 15.1 Å². The number of hydrogen-bond donors (Lipinski definition) is 1. The van der Waals surface area contributed by atoms with E-state index in [2.05, 4.69) is 15.3 Å². The minimum atomic E-state index is -0.114. The number of amides is 2. The monoisotopic (exact) mass is 331 g/mol. The normalized spacial score (nSPS) is 19.7. The molecule has 130 valence electrons. The number of anilines is 1. The van der Waals surface area contributed by atoms with Gasteiger partial charge >= 0.3 is 0 Å². The van der Waals surface area contributed by atoms with Crippen LogP contribution in [0.3, 0.4) is 0 Å². The Morgan fingerprint density at radius 2 is 1.83 bits per heavy atom. The van der Waals surface area contributed by atoms with Crippen LogP contribution in [-0.4, -0.2) is 59.4 Å². The second-order valence-electron chi connectivity index (χ2n) is 6.53. The molecule has 1 saturated carbocycles. The van der Waals surface area contributed by atoms with E-state index in [1.807, 2.05) is 4.90 Å². The lowest BCUT2D eigenvalue weighted by Crippen LogP contribution is -2.46. The van der Waals surface area contributed by atoms with Gasteiger partial charge in [-0.1, -0.05) is 25.7 Å². The predicted octanol–water partition coefficient (Wildman–Crippen LogP) is 1.21. The second kappa shape index (κ2) is 8.08. The lowest BCUT2D eigenvalue weighted by Gasteiger charge is -2.32. The van der Waals surface area contributed by atoms with E-state index in [0.717, 1.165) is 19.3 Å². The van der Waals surface area contributed by atoms with Crippen LogP contribution in [-0.2, 0) is 4.79 Å². The molecular weight excluding hydrogens is 306 g/mol. The Morgan fingerprint density at radius 3 is 2.50 bits per heavy atom. The summed E-state index contributed by atoms with van der Waals surface area (Å²) in [6.45, 7) is 2.69. The molecule has 7 heteroatoms. The first-order valence-electron chi connectivity index (χ1n) is 8.84. The van der Waals surface area contributed by atoms with Gasteiger partial charge in [-0.2, -0.15) is 0 Å². The zero-order valence-electron chi connectivity index (χ0n) is 14.0. The number of hydrogen-bond acceptors (Lipinski definition) is 5. The van der Waals surface area contributed by atoms with Crippen molar-refractivity contribution in [2.75, 3.05) is 31.1 Å². The van der Waals surface area contributed by atoms with E-state index in [-0.39, 0.29) is 11.9 Å². The quantitative estimate of drug-likeness (QED) is 0.663. The first-order chi connectivity index (χ1) is 11.8. The average Bonchev–Trinajstić information content (AvgIpc) is 2.90. The molecule has 2 amide bonds. The van der Waals surface area contributed by atoms with E-state index in [1.165, 1.54) is 25.7 Å². The Kier molecular flexibility index (Phi) is 5.61. The molecule has 7 nitrogen and oxygen atoms in total. The van der Waals surface area contributed by atoms with Crippen LogP contribution >= 0.6 is 0 Å². The zero-order valence-corrected chi connectivity index (χ0v) is 14.0. The molecule has 0 aromatic carbocycles. The highest BCUT2D eigenvalue weighted by molar-refractivity contribution is 5.92. The van der Waals surface area contributed by atoms with Crippen molar-refractivity contribution in [3.8, 4) is 0 Å². The molecule has 1 N–H and O–H groups in total. The van der Waals surface area contributed by atoms with Crippen molar-refractivity contribution in [3.63, 3.8) is 0 Å². The number of carbonyl (C=O) groups is 2. The Morgan fingerprint density at radius 1 is 1.12 bits per heavy atom. The summed E-state index contributed by atoms with van der Waals surface area (Å²) >= 11 is 0. The first-order valence-corrected chi connectivity index (χ1v) is 8.84. The standard InChI is InChI=1S/C17H25N5O2/c23-13-21-9-11-22(12-10-21)17-18-8-7-15(20-17)16(24)19-14-5-3-1-2-4-6-14/h7-8,13-14H,1-6,9-12H2,(H,19,24). The third kappa shape index (κ3) is 4.21. The van der Waals surface area contributed by atoms with Crippen molar-refractivity contribution in [2.45, 2.75) is 44.6 Å². The Labute approximate surface area is 142 Å². The molecule has 1 saturated heterocycles. The van der Waals surface area contributed by atoms with Gasteiger partial charge in [-0.15, -0.1) is 0 Å². The van der Waals surface area contributed by atoms with E-state index >= 15 is 0 Å². The highest BCUT2D eigenvalue weighted by atomic mass is 16.2. The van der Waals surface area contributed by atoms with Crippen LogP contribution in [0, 0.1) is 0 Å². The van der Waals surface area contributed by atoms with Crippen LogP contribution in [0.5, 0.6) is 0 Å². The molecule has 2 fully saturated rings.